The number of aryl methyl sites for hydroxylation is 2. The molecule has 2 aromatic heterocycles. The summed E-state index contributed by atoms with van der Waals surface area (Å²) in [6.45, 7) is 3.77. The van der Waals surface area contributed by atoms with E-state index in [1.807, 2.05) is 36.6 Å². The summed E-state index contributed by atoms with van der Waals surface area (Å²) in [7, 11) is 0. The van der Waals surface area contributed by atoms with E-state index in [9.17, 15) is 4.79 Å². The van der Waals surface area contributed by atoms with Crippen LogP contribution in [0, 0.1) is 6.92 Å². The van der Waals surface area contributed by atoms with Crippen LogP contribution in [0.2, 0.25) is 0 Å². The van der Waals surface area contributed by atoms with E-state index in [0.717, 1.165) is 36.0 Å². The van der Waals surface area contributed by atoms with Gasteiger partial charge in [-0.05, 0) is 57.2 Å². The van der Waals surface area contributed by atoms with Crippen molar-refractivity contribution < 1.29 is 13.9 Å². The predicted octanol–water partition coefficient (Wildman–Crippen LogP) is 4.90. The standard InChI is InChI=1S/C20H20N2O3S/c1-12-7-9-14(10-8-12)19-22-21-18(25-19)13(2)24-20(23)16-11-26-17-6-4-3-5-15(16)17/h7-11,13H,3-6H2,1-2H3/t13-/m0/s1. The van der Waals surface area contributed by atoms with Crippen LogP contribution in [0.25, 0.3) is 11.5 Å². The lowest BCUT2D eigenvalue weighted by molar-refractivity contribution is 0.0279. The molecule has 1 aliphatic carbocycles. The van der Waals surface area contributed by atoms with Crippen LogP contribution in [0.1, 0.15) is 58.1 Å². The Morgan fingerprint density at radius 3 is 2.77 bits per heavy atom. The van der Waals surface area contributed by atoms with E-state index in [0.29, 0.717) is 17.3 Å². The fourth-order valence-corrected chi connectivity index (χ4v) is 4.27. The minimum atomic E-state index is -0.590. The lowest BCUT2D eigenvalue weighted by atomic mass is 9.96. The van der Waals surface area contributed by atoms with Crippen LogP contribution in [0.4, 0.5) is 0 Å². The van der Waals surface area contributed by atoms with Crippen molar-refractivity contribution in [1.82, 2.24) is 10.2 Å². The molecule has 0 bridgehead atoms. The van der Waals surface area contributed by atoms with Crippen LogP contribution in [-0.2, 0) is 17.6 Å². The second kappa shape index (κ2) is 7.03. The topological polar surface area (TPSA) is 65.2 Å². The van der Waals surface area contributed by atoms with Gasteiger partial charge in [0.05, 0.1) is 5.56 Å². The van der Waals surface area contributed by atoms with Gasteiger partial charge in [0.15, 0.2) is 6.10 Å². The number of aromatic nitrogens is 2. The highest BCUT2D eigenvalue weighted by atomic mass is 32.1. The fraction of sp³-hybridized carbons (Fsp3) is 0.350. The molecule has 0 spiro atoms. The first-order valence-electron chi connectivity index (χ1n) is 8.82. The average Bonchev–Trinajstić information content (AvgIpc) is 3.30. The molecule has 5 nitrogen and oxygen atoms in total. The predicted molar refractivity (Wildman–Crippen MR) is 99.3 cm³/mol. The van der Waals surface area contributed by atoms with Gasteiger partial charge < -0.3 is 9.15 Å². The molecular formula is C20H20N2O3S. The molecule has 0 unspecified atom stereocenters. The number of thiophene rings is 1. The van der Waals surface area contributed by atoms with Crippen LogP contribution in [0.3, 0.4) is 0 Å². The highest BCUT2D eigenvalue weighted by molar-refractivity contribution is 7.10. The number of carbonyl (C=O) groups excluding carboxylic acids is 1. The molecule has 6 heteroatoms. The van der Waals surface area contributed by atoms with Crippen LogP contribution in [0.5, 0.6) is 0 Å². The van der Waals surface area contributed by atoms with Gasteiger partial charge in [0.25, 0.3) is 5.89 Å². The Labute approximate surface area is 156 Å². The van der Waals surface area contributed by atoms with Crippen LogP contribution in [0.15, 0.2) is 34.1 Å². The molecule has 4 rings (SSSR count). The highest BCUT2D eigenvalue weighted by Crippen LogP contribution is 2.32. The molecule has 1 aliphatic rings. The largest absolute Gasteiger partial charge is 0.449 e. The van der Waals surface area contributed by atoms with Crippen molar-refractivity contribution in [2.45, 2.75) is 45.6 Å². The third-order valence-electron chi connectivity index (χ3n) is 4.65. The molecule has 0 aliphatic heterocycles. The Balaban J connectivity index is 1.48. The second-order valence-corrected chi connectivity index (χ2v) is 7.58. The number of rotatable bonds is 4. The van der Waals surface area contributed by atoms with E-state index in [-0.39, 0.29) is 5.97 Å². The Kier molecular flexibility index (Phi) is 4.59. The van der Waals surface area contributed by atoms with Gasteiger partial charge in [0.2, 0.25) is 5.89 Å². The maximum Gasteiger partial charge on any atom is 0.340 e. The third-order valence-corrected chi connectivity index (χ3v) is 5.74. The number of benzene rings is 1. The van der Waals surface area contributed by atoms with Gasteiger partial charge >= 0.3 is 5.97 Å². The van der Waals surface area contributed by atoms with E-state index >= 15 is 0 Å². The molecule has 1 aromatic carbocycles. The Morgan fingerprint density at radius 1 is 1.19 bits per heavy atom. The van der Waals surface area contributed by atoms with Crippen molar-refractivity contribution in [2.75, 3.05) is 0 Å². The lowest BCUT2D eigenvalue weighted by Gasteiger charge is -2.13. The molecule has 0 fully saturated rings. The van der Waals surface area contributed by atoms with Crippen LogP contribution >= 0.6 is 11.3 Å². The van der Waals surface area contributed by atoms with Crippen molar-refractivity contribution in [2.24, 2.45) is 0 Å². The van der Waals surface area contributed by atoms with E-state index in [1.165, 1.54) is 11.3 Å². The molecule has 0 saturated carbocycles. The fourth-order valence-electron chi connectivity index (χ4n) is 3.15. The summed E-state index contributed by atoms with van der Waals surface area (Å²) in [4.78, 5) is 13.9. The van der Waals surface area contributed by atoms with E-state index in [1.54, 1.807) is 18.3 Å². The normalized spacial score (nSPS) is 14.7. The van der Waals surface area contributed by atoms with Gasteiger partial charge in [-0.3, -0.25) is 0 Å². The van der Waals surface area contributed by atoms with Crippen molar-refractivity contribution in [3.8, 4) is 11.5 Å². The molecule has 0 saturated heterocycles. The molecular weight excluding hydrogens is 348 g/mol. The number of hydrogen-bond acceptors (Lipinski definition) is 6. The zero-order chi connectivity index (χ0) is 18.1. The lowest BCUT2D eigenvalue weighted by Crippen LogP contribution is -2.12. The van der Waals surface area contributed by atoms with Gasteiger partial charge in [0.1, 0.15) is 0 Å². The number of fused-ring (bicyclic) bond motifs is 1. The maximum atomic E-state index is 12.6. The Morgan fingerprint density at radius 2 is 1.96 bits per heavy atom. The summed E-state index contributed by atoms with van der Waals surface area (Å²) in [5, 5.41) is 10.0. The second-order valence-electron chi connectivity index (χ2n) is 6.62. The summed E-state index contributed by atoms with van der Waals surface area (Å²) in [5.74, 6) is 0.417. The smallest absolute Gasteiger partial charge is 0.340 e. The molecule has 3 aromatic rings. The van der Waals surface area contributed by atoms with Crippen LogP contribution in [-0.4, -0.2) is 16.2 Å². The monoisotopic (exact) mass is 368 g/mol. The summed E-state index contributed by atoms with van der Waals surface area (Å²) >= 11 is 1.65. The Hall–Kier alpha value is -2.47. The third kappa shape index (κ3) is 3.29. The summed E-state index contributed by atoms with van der Waals surface area (Å²) < 4.78 is 11.3. The molecule has 134 valence electrons. The van der Waals surface area contributed by atoms with Gasteiger partial charge in [-0.15, -0.1) is 21.5 Å². The highest BCUT2D eigenvalue weighted by Gasteiger charge is 2.25. The molecule has 1 atom stereocenters. The number of nitrogens with zero attached hydrogens (tertiary/aromatic N) is 2. The minimum absolute atomic E-state index is 0.304. The summed E-state index contributed by atoms with van der Waals surface area (Å²) in [6.07, 6.45) is 3.75. The van der Waals surface area contributed by atoms with Crippen molar-refractivity contribution in [3.63, 3.8) is 0 Å². The first-order valence-corrected chi connectivity index (χ1v) is 9.70. The summed E-state index contributed by atoms with van der Waals surface area (Å²) in [5.41, 5.74) is 3.86. The van der Waals surface area contributed by atoms with E-state index in [2.05, 4.69) is 10.2 Å². The molecule has 0 amide bonds. The zero-order valence-electron chi connectivity index (χ0n) is 14.8. The number of ether oxygens (including phenoxy) is 1. The minimum Gasteiger partial charge on any atom is -0.449 e. The maximum absolute atomic E-state index is 12.6. The molecule has 0 N–H and O–H groups in total. The summed E-state index contributed by atoms with van der Waals surface area (Å²) in [6, 6.07) is 7.84. The SMILES string of the molecule is Cc1ccc(-c2nnc([C@H](C)OC(=O)c3csc4c3CCCC4)o2)cc1. The zero-order valence-corrected chi connectivity index (χ0v) is 15.6. The quantitative estimate of drug-likeness (QED) is 0.613. The van der Waals surface area contributed by atoms with Gasteiger partial charge in [-0.1, -0.05) is 17.7 Å². The first-order chi connectivity index (χ1) is 12.6. The van der Waals surface area contributed by atoms with Gasteiger partial charge in [-0.2, -0.15) is 0 Å². The van der Waals surface area contributed by atoms with Crippen LogP contribution < -0.4 is 0 Å². The average molecular weight is 368 g/mol. The van der Waals surface area contributed by atoms with Crippen molar-refractivity contribution >= 4 is 17.3 Å². The van der Waals surface area contributed by atoms with E-state index < -0.39 is 6.10 Å². The molecule has 2 heterocycles. The molecule has 26 heavy (non-hydrogen) atoms. The van der Waals surface area contributed by atoms with Gasteiger partial charge in [-0.25, -0.2) is 4.79 Å². The van der Waals surface area contributed by atoms with Crippen molar-refractivity contribution in [1.29, 1.82) is 0 Å². The first kappa shape index (κ1) is 17.0. The number of carbonyl (C=O) groups is 1. The molecule has 0 radical (unpaired) electrons. The van der Waals surface area contributed by atoms with E-state index in [4.69, 9.17) is 9.15 Å². The number of hydrogen-bond donors (Lipinski definition) is 0. The van der Waals surface area contributed by atoms with Gasteiger partial charge in [0, 0.05) is 15.8 Å². The Bertz CT molecular complexity index is 927. The van der Waals surface area contributed by atoms with Crippen molar-refractivity contribution in [3.05, 3.63) is 57.1 Å². The number of esters is 1.